The lowest BCUT2D eigenvalue weighted by molar-refractivity contribution is 0.0950. The molecular weight excluding hydrogens is 398 g/mol. The highest BCUT2D eigenvalue weighted by molar-refractivity contribution is 5.96. The van der Waals surface area contributed by atoms with Crippen LogP contribution in [0.15, 0.2) is 58.5 Å². The van der Waals surface area contributed by atoms with Crippen LogP contribution in [0.3, 0.4) is 0 Å². The van der Waals surface area contributed by atoms with E-state index in [-0.39, 0.29) is 29.6 Å². The first kappa shape index (κ1) is 20.2. The van der Waals surface area contributed by atoms with E-state index in [1.807, 2.05) is 13.8 Å². The number of amides is 1. The standard InChI is InChI=1S/C21H21N7O3/c1-3-26-13-16(19(30)15-6-5-14(2)24-20(15)26)21(31)22-10-12-28-18(29)8-7-17(25-28)27-11-4-9-23-27/h4-9,11,13H,3,10,12H2,1-2H3,(H,22,31). The van der Waals surface area contributed by atoms with Crippen LogP contribution >= 0.6 is 0 Å². The number of carbonyl (C=O) groups excluding carboxylic acids is 1. The summed E-state index contributed by atoms with van der Waals surface area (Å²) >= 11 is 0. The van der Waals surface area contributed by atoms with E-state index in [0.29, 0.717) is 23.4 Å². The number of pyridine rings is 2. The Labute approximate surface area is 176 Å². The van der Waals surface area contributed by atoms with E-state index in [9.17, 15) is 14.4 Å². The number of hydrogen-bond acceptors (Lipinski definition) is 6. The molecule has 0 aliphatic heterocycles. The Hall–Kier alpha value is -4.08. The third kappa shape index (κ3) is 4.00. The highest BCUT2D eigenvalue weighted by Crippen LogP contribution is 2.11. The zero-order valence-electron chi connectivity index (χ0n) is 17.1. The van der Waals surface area contributed by atoms with Gasteiger partial charge in [-0.25, -0.2) is 14.3 Å². The van der Waals surface area contributed by atoms with Crippen molar-refractivity contribution in [3.63, 3.8) is 0 Å². The summed E-state index contributed by atoms with van der Waals surface area (Å²) in [6.07, 6.45) is 4.85. The fraction of sp³-hybridized carbons (Fsp3) is 0.238. The highest BCUT2D eigenvalue weighted by Gasteiger charge is 2.16. The minimum absolute atomic E-state index is 0.0330. The first-order valence-corrected chi connectivity index (χ1v) is 9.85. The predicted octanol–water partition coefficient (Wildman–Crippen LogP) is 0.897. The molecule has 31 heavy (non-hydrogen) atoms. The van der Waals surface area contributed by atoms with Crippen LogP contribution in [0.25, 0.3) is 16.9 Å². The van der Waals surface area contributed by atoms with E-state index in [4.69, 9.17) is 0 Å². The van der Waals surface area contributed by atoms with Gasteiger partial charge in [-0.3, -0.25) is 14.4 Å². The third-order valence-corrected chi connectivity index (χ3v) is 4.85. The molecule has 0 bridgehead atoms. The van der Waals surface area contributed by atoms with Crippen molar-refractivity contribution in [2.24, 2.45) is 0 Å². The number of carbonyl (C=O) groups is 1. The van der Waals surface area contributed by atoms with E-state index in [0.717, 1.165) is 5.69 Å². The fourth-order valence-electron chi connectivity index (χ4n) is 3.26. The molecular formula is C21H21N7O3. The molecule has 0 aromatic carbocycles. The number of hydrogen-bond donors (Lipinski definition) is 1. The molecule has 4 rings (SSSR count). The molecule has 0 fully saturated rings. The molecule has 0 aliphatic rings. The average Bonchev–Trinajstić information content (AvgIpc) is 3.30. The Morgan fingerprint density at radius 1 is 1.16 bits per heavy atom. The Bertz CT molecular complexity index is 1370. The van der Waals surface area contributed by atoms with E-state index in [1.54, 1.807) is 41.2 Å². The van der Waals surface area contributed by atoms with Gasteiger partial charge >= 0.3 is 0 Å². The SMILES string of the molecule is CCn1cc(C(=O)NCCn2nc(-n3cccn3)ccc2=O)c(=O)c2ccc(C)nc21. The van der Waals surface area contributed by atoms with E-state index >= 15 is 0 Å². The summed E-state index contributed by atoms with van der Waals surface area (Å²) in [7, 11) is 0. The molecule has 10 heteroatoms. The van der Waals surface area contributed by atoms with Crippen LogP contribution in [-0.2, 0) is 13.1 Å². The third-order valence-electron chi connectivity index (χ3n) is 4.85. The second-order valence-corrected chi connectivity index (χ2v) is 6.94. The second kappa shape index (κ2) is 8.34. The normalized spacial score (nSPS) is 11.0. The van der Waals surface area contributed by atoms with E-state index < -0.39 is 5.91 Å². The number of fused-ring (bicyclic) bond motifs is 1. The Morgan fingerprint density at radius 3 is 2.74 bits per heavy atom. The van der Waals surface area contributed by atoms with Gasteiger partial charge in [0.25, 0.3) is 11.5 Å². The van der Waals surface area contributed by atoms with Crippen LogP contribution < -0.4 is 16.3 Å². The lowest BCUT2D eigenvalue weighted by atomic mass is 10.1. The van der Waals surface area contributed by atoms with Crippen molar-refractivity contribution in [1.29, 1.82) is 0 Å². The van der Waals surface area contributed by atoms with Gasteiger partial charge in [-0.15, -0.1) is 5.10 Å². The van der Waals surface area contributed by atoms with Gasteiger partial charge in [-0.2, -0.15) is 5.10 Å². The van der Waals surface area contributed by atoms with E-state index in [1.165, 1.54) is 21.6 Å². The molecule has 0 spiro atoms. The van der Waals surface area contributed by atoms with Gasteiger partial charge in [0.05, 0.1) is 11.9 Å². The van der Waals surface area contributed by atoms with Gasteiger partial charge in [-0.05, 0) is 38.1 Å². The molecule has 0 aliphatic carbocycles. The molecule has 0 saturated carbocycles. The van der Waals surface area contributed by atoms with Crippen LogP contribution in [0.2, 0.25) is 0 Å². The molecule has 4 aromatic rings. The summed E-state index contributed by atoms with van der Waals surface area (Å²) in [5, 5.41) is 11.4. The number of aryl methyl sites for hydroxylation is 2. The summed E-state index contributed by atoms with van der Waals surface area (Å²) < 4.78 is 4.56. The molecule has 1 amide bonds. The van der Waals surface area contributed by atoms with Crippen molar-refractivity contribution in [3.8, 4) is 5.82 Å². The first-order valence-electron chi connectivity index (χ1n) is 9.85. The summed E-state index contributed by atoms with van der Waals surface area (Å²) in [4.78, 5) is 42.1. The van der Waals surface area contributed by atoms with Gasteiger partial charge in [0.15, 0.2) is 5.82 Å². The van der Waals surface area contributed by atoms with Crippen LogP contribution in [0, 0.1) is 6.92 Å². The first-order chi connectivity index (χ1) is 15.0. The Kier molecular flexibility index (Phi) is 5.44. The van der Waals surface area contributed by atoms with Gasteiger partial charge in [-0.1, -0.05) is 0 Å². The van der Waals surface area contributed by atoms with Crippen molar-refractivity contribution >= 4 is 16.9 Å². The molecule has 0 radical (unpaired) electrons. The predicted molar refractivity (Wildman–Crippen MR) is 114 cm³/mol. The quantitative estimate of drug-likeness (QED) is 0.496. The van der Waals surface area contributed by atoms with Gasteiger partial charge in [0.2, 0.25) is 5.43 Å². The zero-order chi connectivity index (χ0) is 22.0. The maximum absolute atomic E-state index is 12.8. The van der Waals surface area contributed by atoms with Crippen molar-refractivity contribution in [3.05, 3.63) is 80.8 Å². The largest absolute Gasteiger partial charge is 0.350 e. The van der Waals surface area contributed by atoms with Gasteiger partial charge in [0.1, 0.15) is 11.2 Å². The van der Waals surface area contributed by atoms with Gasteiger partial charge in [0, 0.05) is 43.4 Å². The monoisotopic (exact) mass is 419 g/mol. The van der Waals surface area contributed by atoms with Crippen LogP contribution in [0.5, 0.6) is 0 Å². The molecule has 158 valence electrons. The topological polar surface area (TPSA) is 117 Å². The molecule has 0 atom stereocenters. The van der Waals surface area contributed by atoms with Gasteiger partial charge < -0.3 is 9.88 Å². The van der Waals surface area contributed by atoms with Crippen LogP contribution in [0.4, 0.5) is 0 Å². The van der Waals surface area contributed by atoms with Crippen molar-refractivity contribution in [1.82, 2.24) is 34.4 Å². The molecule has 4 heterocycles. The fourth-order valence-corrected chi connectivity index (χ4v) is 3.26. The molecule has 0 saturated heterocycles. The lowest BCUT2D eigenvalue weighted by Crippen LogP contribution is -2.34. The Balaban J connectivity index is 1.54. The van der Waals surface area contributed by atoms with Crippen LogP contribution in [0.1, 0.15) is 23.0 Å². The molecule has 10 nitrogen and oxygen atoms in total. The smallest absolute Gasteiger partial charge is 0.266 e. The maximum Gasteiger partial charge on any atom is 0.266 e. The number of rotatable bonds is 6. The molecule has 0 unspecified atom stereocenters. The summed E-state index contributed by atoms with van der Waals surface area (Å²) in [6.45, 7) is 4.61. The molecule has 4 aromatic heterocycles. The summed E-state index contributed by atoms with van der Waals surface area (Å²) in [5.74, 6) is -0.0231. The summed E-state index contributed by atoms with van der Waals surface area (Å²) in [6, 6.07) is 8.15. The van der Waals surface area contributed by atoms with Crippen molar-refractivity contribution in [2.75, 3.05) is 6.54 Å². The number of nitrogens with one attached hydrogen (secondary N) is 1. The zero-order valence-corrected chi connectivity index (χ0v) is 17.1. The average molecular weight is 419 g/mol. The minimum Gasteiger partial charge on any atom is -0.350 e. The number of aromatic nitrogens is 6. The van der Waals surface area contributed by atoms with Crippen molar-refractivity contribution < 1.29 is 4.79 Å². The Morgan fingerprint density at radius 2 is 2.00 bits per heavy atom. The minimum atomic E-state index is -0.508. The van der Waals surface area contributed by atoms with Crippen LogP contribution in [-0.4, -0.2) is 41.6 Å². The number of nitrogens with zero attached hydrogens (tertiary/aromatic N) is 6. The van der Waals surface area contributed by atoms with E-state index in [2.05, 4.69) is 20.5 Å². The van der Waals surface area contributed by atoms with Crippen molar-refractivity contribution in [2.45, 2.75) is 26.9 Å². The second-order valence-electron chi connectivity index (χ2n) is 6.94. The summed E-state index contributed by atoms with van der Waals surface area (Å²) in [5.41, 5.74) is 0.703. The highest BCUT2D eigenvalue weighted by atomic mass is 16.2. The maximum atomic E-state index is 12.8. The lowest BCUT2D eigenvalue weighted by Gasteiger charge is -2.12. The molecule has 1 N–H and O–H groups in total.